The van der Waals surface area contributed by atoms with E-state index in [1.165, 1.54) is 11.9 Å². The summed E-state index contributed by atoms with van der Waals surface area (Å²) in [4.78, 5) is 23.9. The lowest BCUT2D eigenvalue weighted by atomic mass is 9.94. The Morgan fingerprint density at radius 2 is 1.82 bits per heavy atom. The van der Waals surface area contributed by atoms with Crippen LogP contribution in [0.2, 0.25) is 0 Å². The second-order valence-corrected chi connectivity index (χ2v) is 8.49. The van der Waals surface area contributed by atoms with Crippen molar-refractivity contribution >= 4 is 0 Å². The van der Waals surface area contributed by atoms with Crippen molar-refractivity contribution in [2.24, 2.45) is 0 Å². The molecule has 2 heterocycles. The Hall–Kier alpha value is -3.91. The van der Waals surface area contributed by atoms with E-state index in [0.717, 1.165) is 42.7 Å². The van der Waals surface area contributed by atoms with Crippen LogP contribution in [-0.4, -0.2) is 50.8 Å². The summed E-state index contributed by atoms with van der Waals surface area (Å²) < 4.78 is 0. The van der Waals surface area contributed by atoms with E-state index < -0.39 is 11.3 Å². The van der Waals surface area contributed by atoms with Crippen LogP contribution >= 0.6 is 0 Å². The molecule has 34 heavy (non-hydrogen) atoms. The van der Waals surface area contributed by atoms with Crippen LogP contribution in [0.3, 0.4) is 0 Å². The summed E-state index contributed by atoms with van der Waals surface area (Å²) in [5.74, 6) is 5.63. The second kappa shape index (κ2) is 10.8. The Labute approximate surface area is 198 Å². The van der Waals surface area contributed by atoms with Gasteiger partial charge in [-0.15, -0.1) is 0 Å². The van der Waals surface area contributed by atoms with Gasteiger partial charge >= 0.3 is 0 Å². The first-order chi connectivity index (χ1) is 16.6. The summed E-state index contributed by atoms with van der Waals surface area (Å²) in [7, 11) is 0. The average Bonchev–Trinajstić information content (AvgIpc) is 3.32. The average molecular weight is 455 g/mol. The van der Waals surface area contributed by atoms with Gasteiger partial charge in [-0.2, -0.15) is 0 Å². The number of aromatic hydroxyl groups is 1. The van der Waals surface area contributed by atoms with Crippen LogP contribution in [0, 0.1) is 18.4 Å². The van der Waals surface area contributed by atoms with Crippen molar-refractivity contribution in [1.82, 2.24) is 14.9 Å². The zero-order valence-corrected chi connectivity index (χ0v) is 18.7. The van der Waals surface area contributed by atoms with E-state index in [-0.39, 0.29) is 30.7 Å². The van der Waals surface area contributed by atoms with Gasteiger partial charge < -0.3 is 20.0 Å². The van der Waals surface area contributed by atoms with E-state index in [4.69, 9.17) is 6.57 Å². The SMILES string of the molecule is [C-]#[N+][C@@H]1CCN(Cc2ccc(C#Cc3ccc(C(CO)Cc4nc[nH]c(=O)c4O)cc3)cc2)C1. The Morgan fingerprint density at radius 3 is 2.44 bits per heavy atom. The number of benzene rings is 2. The molecule has 0 amide bonds. The molecule has 3 N–H and O–H groups in total. The molecule has 1 saturated heterocycles. The van der Waals surface area contributed by atoms with Crippen molar-refractivity contribution < 1.29 is 10.2 Å². The fraction of sp³-hybridized carbons (Fsp3) is 0.296. The molecule has 1 unspecified atom stereocenters. The summed E-state index contributed by atoms with van der Waals surface area (Å²) in [5.41, 5.74) is 3.54. The third-order valence-electron chi connectivity index (χ3n) is 6.09. The molecule has 0 aliphatic carbocycles. The van der Waals surface area contributed by atoms with Gasteiger partial charge in [0.1, 0.15) is 0 Å². The largest absolute Gasteiger partial charge is 0.502 e. The quantitative estimate of drug-likeness (QED) is 0.393. The van der Waals surface area contributed by atoms with Gasteiger partial charge in [0.15, 0.2) is 0 Å². The number of aliphatic hydroxyl groups excluding tert-OH is 1. The van der Waals surface area contributed by atoms with Crippen molar-refractivity contribution in [2.75, 3.05) is 19.7 Å². The number of aliphatic hydroxyl groups is 1. The maximum atomic E-state index is 11.6. The maximum Gasteiger partial charge on any atom is 0.293 e. The predicted octanol–water partition coefficient (Wildman–Crippen LogP) is 2.69. The predicted molar refractivity (Wildman–Crippen MR) is 129 cm³/mol. The lowest BCUT2D eigenvalue weighted by molar-refractivity contribution is 0.263. The minimum Gasteiger partial charge on any atom is -0.502 e. The monoisotopic (exact) mass is 454 g/mol. The molecule has 0 spiro atoms. The van der Waals surface area contributed by atoms with Gasteiger partial charge in [0.05, 0.1) is 25.2 Å². The number of rotatable bonds is 6. The number of nitrogens with one attached hydrogen (secondary N) is 1. The maximum absolute atomic E-state index is 11.6. The normalized spacial score (nSPS) is 16.4. The van der Waals surface area contributed by atoms with Crippen LogP contribution in [0.5, 0.6) is 5.75 Å². The highest BCUT2D eigenvalue weighted by Gasteiger charge is 2.25. The fourth-order valence-electron chi connectivity index (χ4n) is 4.10. The first-order valence-corrected chi connectivity index (χ1v) is 11.2. The van der Waals surface area contributed by atoms with Gasteiger partial charge in [-0.3, -0.25) is 9.69 Å². The van der Waals surface area contributed by atoms with Crippen LogP contribution in [-0.2, 0) is 13.0 Å². The highest BCUT2D eigenvalue weighted by Crippen LogP contribution is 2.23. The van der Waals surface area contributed by atoms with Gasteiger partial charge in [-0.25, -0.2) is 11.6 Å². The first-order valence-electron chi connectivity index (χ1n) is 11.2. The van der Waals surface area contributed by atoms with E-state index >= 15 is 0 Å². The molecule has 172 valence electrons. The first kappa shape index (κ1) is 23.3. The summed E-state index contributed by atoms with van der Waals surface area (Å²) in [6.07, 6.45) is 2.45. The van der Waals surface area contributed by atoms with Crippen LogP contribution in [0.4, 0.5) is 0 Å². The lowest BCUT2D eigenvalue weighted by Gasteiger charge is -2.14. The molecule has 2 aromatic carbocycles. The fourth-order valence-corrected chi connectivity index (χ4v) is 4.10. The molecule has 7 nitrogen and oxygen atoms in total. The molecule has 1 aromatic heterocycles. The van der Waals surface area contributed by atoms with Gasteiger partial charge in [-0.05, 0) is 35.4 Å². The molecule has 2 atom stereocenters. The molecule has 0 bridgehead atoms. The van der Waals surface area contributed by atoms with Crippen molar-refractivity contribution in [1.29, 1.82) is 0 Å². The van der Waals surface area contributed by atoms with Crippen LogP contribution < -0.4 is 5.56 Å². The van der Waals surface area contributed by atoms with Gasteiger partial charge in [0, 0.05) is 43.0 Å². The number of aromatic nitrogens is 2. The summed E-state index contributed by atoms with van der Waals surface area (Å²) in [6.45, 7) is 9.71. The number of aromatic amines is 1. The number of hydrogen-bond acceptors (Lipinski definition) is 5. The Bertz CT molecular complexity index is 1280. The van der Waals surface area contributed by atoms with Crippen LogP contribution in [0.25, 0.3) is 4.85 Å². The van der Waals surface area contributed by atoms with E-state index in [0.29, 0.717) is 0 Å². The molecule has 3 aromatic rings. The van der Waals surface area contributed by atoms with E-state index in [1.807, 2.05) is 36.4 Å². The molecule has 4 rings (SSSR count). The third kappa shape index (κ3) is 5.71. The standard InChI is InChI=1S/C27H26N4O3/c1-28-24-12-13-31(16-24)15-21-6-4-19(5-7-21)2-3-20-8-10-22(11-9-20)23(17-32)14-25-26(33)27(34)30-18-29-25/h4-11,18,23-24,32-33H,12-17H2,(H,29,30,34)/t23?,24-/m1/s1. The number of likely N-dealkylation sites (tertiary alicyclic amines) is 1. The molecule has 0 saturated carbocycles. The Kier molecular flexibility index (Phi) is 7.39. The molecule has 1 fully saturated rings. The molecular weight excluding hydrogens is 428 g/mol. The molecule has 0 radical (unpaired) electrons. The van der Waals surface area contributed by atoms with Crippen molar-refractivity contribution in [2.45, 2.75) is 31.3 Å². The lowest BCUT2D eigenvalue weighted by Crippen LogP contribution is -2.20. The molecule has 7 heteroatoms. The zero-order valence-electron chi connectivity index (χ0n) is 18.7. The second-order valence-electron chi connectivity index (χ2n) is 8.49. The van der Waals surface area contributed by atoms with Gasteiger partial charge in [0.2, 0.25) is 11.8 Å². The molecular formula is C27H26N4O3. The zero-order chi connectivity index (χ0) is 23.9. The molecule has 1 aliphatic rings. The van der Waals surface area contributed by atoms with Gasteiger partial charge in [-0.1, -0.05) is 36.1 Å². The van der Waals surface area contributed by atoms with E-state index in [9.17, 15) is 15.0 Å². The van der Waals surface area contributed by atoms with Crippen molar-refractivity contribution in [3.63, 3.8) is 0 Å². The van der Waals surface area contributed by atoms with E-state index in [2.05, 4.69) is 43.7 Å². The highest BCUT2D eigenvalue weighted by atomic mass is 16.3. The Morgan fingerprint density at radius 1 is 1.15 bits per heavy atom. The van der Waals surface area contributed by atoms with Crippen molar-refractivity contribution in [3.05, 3.63) is 105 Å². The smallest absolute Gasteiger partial charge is 0.293 e. The summed E-state index contributed by atoms with van der Waals surface area (Å²) in [6, 6.07) is 15.9. The van der Waals surface area contributed by atoms with Crippen LogP contribution in [0.15, 0.2) is 59.7 Å². The topological polar surface area (TPSA) is 93.8 Å². The van der Waals surface area contributed by atoms with Gasteiger partial charge in [0.25, 0.3) is 5.56 Å². The molecule has 1 aliphatic heterocycles. The minimum atomic E-state index is -0.592. The minimum absolute atomic E-state index is 0.135. The number of nitrogens with zero attached hydrogens (tertiary/aromatic N) is 3. The van der Waals surface area contributed by atoms with Crippen LogP contribution in [0.1, 0.15) is 40.3 Å². The summed E-state index contributed by atoms with van der Waals surface area (Å²) in [5, 5.41) is 19.7. The third-order valence-corrected chi connectivity index (χ3v) is 6.09. The van der Waals surface area contributed by atoms with E-state index in [1.54, 1.807) is 0 Å². The summed E-state index contributed by atoms with van der Waals surface area (Å²) >= 11 is 0. The number of hydrogen-bond donors (Lipinski definition) is 3. The highest BCUT2D eigenvalue weighted by molar-refractivity contribution is 5.44. The van der Waals surface area contributed by atoms with Crippen molar-refractivity contribution in [3.8, 4) is 17.6 Å². The Balaban J connectivity index is 1.38. The number of H-pyrrole nitrogens is 1.